The van der Waals surface area contributed by atoms with Crippen LogP contribution in [0.1, 0.15) is 0 Å². The number of hydrogen-bond acceptors (Lipinski definition) is 2. The minimum Gasteiger partial charge on any atom is -0.456 e. The van der Waals surface area contributed by atoms with Crippen molar-refractivity contribution in [3.63, 3.8) is 0 Å². The van der Waals surface area contributed by atoms with Crippen LogP contribution >= 0.6 is 0 Å². The molecule has 0 bridgehead atoms. The first-order chi connectivity index (χ1) is 19.8. The van der Waals surface area contributed by atoms with E-state index in [1.807, 2.05) is 12.1 Å². The lowest BCUT2D eigenvalue weighted by Gasteiger charge is -2.10. The summed E-state index contributed by atoms with van der Waals surface area (Å²) in [4.78, 5) is 5.21. The predicted octanol–water partition coefficient (Wildman–Crippen LogP) is 10.0. The van der Waals surface area contributed by atoms with Crippen LogP contribution < -0.4 is 0 Å². The van der Waals surface area contributed by atoms with Crippen LogP contribution in [0, 0.1) is 0 Å². The highest BCUT2D eigenvalue weighted by Crippen LogP contribution is 2.38. The molecule has 9 rings (SSSR count). The number of furan rings is 1. The third-order valence-corrected chi connectivity index (χ3v) is 8.19. The Hall–Kier alpha value is -5.41. The average molecular weight is 511 g/mol. The highest BCUT2D eigenvalue weighted by atomic mass is 16.3. The molecule has 0 atom stereocenters. The zero-order valence-corrected chi connectivity index (χ0v) is 21.5. The molecule has 3 aromatic heterocycles. The van der Waals surface area contributed by atoms with E-state index in [4.69, 9.17) is 9.40 Å². The normalized spacial score (nSPS) is 12.0. The smallest absolute Gasteiger partial charge is 0.138 e. The van der Waals surface area contributed by atoms with Crippen LogP contribution in [0.4, 0.5) is 0 Å². The minimum absolute atomic E-state index is 0.908. The molecule has 0 aliphatic carbocycles. The lowest BCUT2D eigenvalue weighted by molar-refractivity contribution is 0.669. The van der Waals surface area contributed by atoms with Crippen molar-refractivity contribution >= 4 is 60.2 Å². The van der Waals surface area contributed by atoms with Gasteiger partial charge in [0.25, 0.3) is 0 Å². The fraction of sp³-hybridized carbons (Fsp3) is 0. The maximum absolute atomic E-state index is 6.06. The average Bonchev–Trinajstić information content (AvgIpc) is 3.59. The summed E-state index contributed by atoms with van der Waals surface area (Å²) in [7, 11) is 0. The van der Waals surface area contributed by atoms with Crippen molar-refractivity contribution in [2.75, 3.05) is 0 Å². The molecule has 3 heterocycles. The summed E-state index contributed by atoms with van der Waals surface area (Å²) in [6.07, 6.45) is 2.16. The van der Waals surface area contributed by atoms with Crippen molar-refractivity contribution in [1.29, 1.82) is 0 Å². The van der Waals surface area contributed by atoms with E-state index >= 15 is 0 Å². The van der Waals surface area contributed by atoms with Gasteiger partial charge in [-0.1, -0.05) is 91.0 Å². The van der Waals surface area contributed by atoms with Gasteiger partial charge in [0.05, 0.1) is 11.0 Å². The van der Waals surface area contributed by atoms with E-state index in [1.54, 1.807) is 0 Å². The Balaban J connectivity index is 1.29. The van der Waals surface area contributed by atoms with Crippen LogP contribution in [-0.4, -0.2) is 9.38 Å². The van der Waals surface area contributed by atoms with Crippen LogP contribution in [0.5, 0.6) is 0 Å². The second-order valence-electron chi connectivity index (χ2n) is 10.4. The summed E-state index contributed by atoms with van der Waals surface area (Å²) in [5.41, 5.74) is 9.66. The molecular formula is C37H22N2O. The molecule has 40 heavy (non-hydrogen) atoms. The van der Waals surface area contributed by atoms with Crippen molar-refractivity contribution in [3.8, 4) is 22.3 Å². The molecule has 0 aliphatic heterocycles. The first-order valence-electron chi connectivity index (χ1n) is 13.6. The number of rotatable bonds is 2. The molecule has 0 saturated carbocycles. The van der Waals surface area contributed by atoms with Gasteiger partial charge in [-0.15, -0.1) is 0 Å². The SMILES string of the molecule is c1ccc(-c2ccc3c(c2)c2ccccc2c2nc4cc(-c5ccc6oc7ccccc7c6c5)ccn4c32)cc1. The van der Waals surface area contributed by atoms with E-state index < -0.39 is 0 Å². The summed E-state index contributed by atoms with van der Waals surface area (Å²) in [5.74, 6) is 0. The van der Waals surface area contributed by atoms with Crippen molar-refractivity contribution < 1.29 is 4.42 Å². The molecule has 3 heteroatoms. The zero-order chi connectivity index (χ0) is 26.2. The lowest BCUT2D eigenvalue weighted by atomic mass is 9.96. The number of pyridine rings is 1. The predicted molar refractivity (Wildman–Crippen MR) is 166 cm³/mol. The van der Waals surface area contributed by atoms with Gasteiger partial charge in [-0.3, -0.25) is 4.40 Å². The molecule has 0 fully saturated rings. The van der Waals surface area contributed by atoms with E-state index in [1.165, 1.54) is 32.7 Å². The van der Waals surface area contributed by atoms with Crippen LogP contribution in [0.2, 0.25) is 0 Å². The fourth-order valence-corrected chi connectivity index (χ4v) is 6.28. The Morgan fingerprint density at radius 3 is 2.02 bits per heavy atom. The first-order valence-corrected chi connectivity index (χ1v) is 13.6. The first kappa shape index (κ1) is 21.5. The molecule has 6 aromatic carbocycles. The summed E-state index contributed by atoms with van der Waals surface area (Å²) < 4.78 is 8.29. The van der Waals surface area contributed by atoms with E-state index in [9.17, 15) is 0 Å². The molecule has 0 saturated heterocycles. The highest BCUT2D eigenvalue weighted by Gasteiger charge is 2.16. The third-order valence-electron chi connectivity index (χ3n) is 8.19. The van der Waals surface area contributed by atoms with Gasteiger partial charge in [-0.05, 0) is 69.4 Å². The number of benzene rings is 6. The van der Waals surface area contributed by atoms with Gasteiger partial charge in [0, 0.05) is 27.7 Å². The van der Waals surface area contributed by atoms with Gasteiger partial charge in [0.2, 0.25) is 0 Å². The van der Waals surface area contributed by atoms with Gasteiger partial charge >= 0.3 is 0 Å². The molecular weight excluding hydrogens is 488 g/mol. The number of aromatic nitrogens is 2. The Morgan fingerprint density at radius 2 is 1.12 bits per heavy atom. The maximum atomic E-state index is 6.06. The van der Waals surface area contributed by atoms with Crippen LogP contribution in [0.15, 0.2) is 138 Å². The molecule has 0 amide bonds. The number of para-hydroxylation sites is 1. The maximum Gasteiger partial charge on any atom is 0.138 e. The Bertz CT molecular complexity index is 2430. The van der Waals surface area contributed by atoms with Gasteiger partial charge in [-0.2, -0.15) is 0 Å². The topological polar surface area (TPSA) is 30.4 Å². The van der Waals surface area contributed by atoms with Crippen LogP contribution in [0.3, 0.4) is 0 Å². The van der Waals surface area contributed by atoms with Gasteiger partial charge in [0.15, 0.2) is 0 Å². The van der Waals surface area contributed by atoms with E-state index in [0.29, 0.717) is 0 Å². The van der Waals surface area contributed by atoms with Crippen molar-refractivity contribution in [1.82, 2.24) is 9.38 Å². The number of hydrogen-bond donors (Lipinski definition) is 0. The molecule has 0 aliphatic rings. The molecule has 9 aromatic rings. The molecule has 0 spiro atoms. The van der Waals surface area contributed by atoms with Crippen molar-refractivity contribution in [2.24, 2.45) is 0 Å². The van der Waals surface area contributed by atoms with Crippen molar-refractivity contribution in [3.05, 3.63) is 134 Å². The molecule has 0 unspecified atom stereocenters. The monoisotopic (exact) mass is 510 g/mol. The van der Waals surface area contributed by atoms with Crippen molar-refractivity contribution in [2.45, 2.75) is 0 Å². The number of nitrogens with zero attached hydrogens (tertiary/aromatic N) is 2. The Kier molecular flexibility index (Phi) is 4.33. The second kappa shape index (κ2) is 8.05. The van der Waals surface area contributed by atoms with Gasteiger partial charge in [0.1, 0.15) is 16.8 Å². The quantitative estimate of drug-likeness (QED) is 0.217. The van der Waals surface area contributed by atoms with Crippen LogP contribution in [-0.2, 0) is 0 Å². The molecule has 3 nitrogen and oxygen atoms in total. The Labute approximate surface area is 229 Å². The van der Waals surface area contributed by atoms with Crippen LogP contribution in [0.25, 0.3) is 82.4 Å². The molecule has 0 N–H and O–H groups in total. The highest BCUT2D eigenvalue weighted by molar-refractivity contribution is 6.24. The summed E-state index contributed by atoms with van der Waals surface area (Å²) in [6, 6.07) is 45.1. The lowest BCUT2D eigenvalue weighted by Crippen LogP contribution is -1.88. The molecule has 0 radical (unpaired) electrons. The molecule has 186 valence electrons. The number of fused-ring (bicyclic) bond motifs is 11. The summed E-state index contributed by atoms with van der Waals surface area (Å²) >= 11 is 0. The zero-order valence-electron chi connectivity index (χ0n) is 21.5. The van der Waals surface area contributed by atoms with E-state index in [-0.39, 0.29) is 0 Å². The van der Waals surface area contributed by atoms with Gasteiger partial charge < -0.3 is 4.42 Å². The minimum atomic E-state index is 0.908. The third kappa shape index (κ3) is 3.03. The Morgan fingerprint density at radius 1 is 0.450 bits per heavy atom. The standard InChI is InChI=1S/C37H22N2O/c1-2-8-23(9-3-1)24-14-16-30-31(20-24)27-10-4-5-12-29(27)36-37(30)39-19-18-26(22-35(39)38-36)25-15-17-34-32(21-25)28-11-6-7-13-33(28)40-34/h1-22H. The summed E-state index contributed by atoms with van der Waals surface area (Å²) in [5, 5.41) is 7.12. The van der Waals surface area contributed by atoms with E-state index in [0.717, 1.165) is 49.7 Å². The van der Waals surface area contributed by atoms with E-state index in [2.05, 4.69) is 126 Å². The largest absolute Gasteiger partial charge is 0.456 e. The summed E-state index contributed by atoms with van der Waals surface area (Å²) in [6.45, 7) is 0. The fourth-order valence-electron chi connectivity index (χ4n) is 6.28. The number of imidazole rings is 1. The van der Waals surface area contributed by atoms with Gasteiger partial charge in [-0.25, -0.2) is 4.98 Å². The second-order valence-corrected chi connectivity index (χ2v) is 10.4.